The summed E-state index contributed by atoms with van der Waals surface area (Å²) in [5.74, 6) is 0.154. The second-order valence-electron chi connectivity index (χ2n) is 7.80. The first-order valence-corrected chi connectivity index (χ1v) is 10.1. The molecule has 0 aliphatic heterocycles. The number of benzene rings is 2. The molecule has 28 heavy (non-hydrogen) atoms. The summed E-state index contributed by atoms with van der Waals surface area (Å²) < 4.78 is 0. The number of amides is 1. The highest BCUT2D eigenvalue weighted by molar-refractivity contribution is 5.84. The van der Waals surface area contributed by atoms with Crippen LogP contribution < -0.4 is 5.32 Å². The van der Waals surface area contributed by atoms with Crippen LogP contribution in [0.3, 0.4) is 0 Å². The maximum Gasteiger partial charge on any atom is 0.227 e. The van der Waals surface area contributed by atoms with Crippen molar-refractivity contribution in [3.63, 3.8) is 0 Å². The molecule has 0 saturated heterocycles. The number of Topliss-reactive ketones (excluding diaryl/α,β-unsaturated/α-hetero) is 1. The van der Waals surface area contributed by atoms with E-state index in [2.05, 4.69) is 5.32 Å². The van der Waals surface area contributed by atoms with Crippen LogP contribution in [0.4, 0.5) is 0 Å². The van der Waals surface area contributed by atoms with Gasteiger partial charge in [-0.3, -0.25) is 9.59 Å². The summed E-state index contributed by atoms with van der Waals surface area (Å²) in [7, 11) is 0. The van der Waals surface area contributed by atoms with E-state index >= 15 is 0 Å². The number of hydrogen-bond acceptors (Lipinski definition) is 3. The molecule has 1 aliphatic rings. The second-order valence-corrected chi connectivity index (χ2v) is 7.80. The average molecular weight is 380 g/mol. The van der Waals surface area contributed by atoms with Crippen LogP contribution in [0.25, 0.3) is 0 Å². The summed E-state index contributed by atoms with van der Waals surface area (Å²) in [5, 5.41) is 12.6. The quantitative estimate of drug-likeness (QED) is 0.739. The van der Waals surface area contributed by atoms with E-state index in [9.17, 15) is 14.7 Å². The fourth-order valence-corrected chi connectivity index (χ4v) is 3.87. The number of carbonyl (C=O) groups is 2. The third-order valence-electron chi connectivity index (χ3n) is 5.68. The molecule has 3 atom stereocenters. The standard InChI is InChI=1S/C24H29NO3/c1-17(24(28)25-22(16-26)15-18-6-3-2-4-7-18)20-12-10-19(11-13-20)14-21-8-5-9-23(21)27/h2-4,6-7,10-13,17,21-22,26H,5,8-9,14-16H2,1H3,(H,25,28)/t17-,21+,22+/m0/s1. The molecule has 1 fully saturated rings. The van der Waals surface area contributed by atoms with Crippen LogP contribution in [0.2, 0.25) is 0 Å². The lowest BCUT2D eigenvalue weighted by Gasteiger charge is -2.20. The Hall–Kier alpha value is -2.46. The Bertz CT molecular complexity index is 785. The fraction of sp³-hybridized carbons (Fsp3) is 0.417. The lowest BCUT2D eigenvalue weighted by atomic mass is 9.93. The van der Waals surface area contributed by atoms with Gasteiger partial charge in [0.15, 0.2) is 0 Å². The zero-order valence-corrected chi connectivity index (χ0v) is 16.4. The zero-order chi connectivity index (χ0) is 19.9. The molecular weight excluding hydrogens is 350 g/mol. The van der Waals surface area contributed by atoms with Crippen molar-refractivity contribution >= 4 is 11.7 Å². The summed E-state index contributed by atoms with van der Waals surface area (Å²) in [4.78, 5) is 24.5. The van der Waals surface area contributed by atoms with Crippen LogP contribution in [0.15, 0.2) is 54.6 Å². The molecule has 1 aliphatic carbocycles. The number of rotatable bonds is 8. The van der Waals surface area contributed by atoms with Crippen LogP contribution in [0.1, 0.15) is 48.8 Å². The molecule has 2 aromatic carbocycles. The summed E-state index contributed by atoms with van der Waals surface area (Å²) in [6.07, 6.45) is 4.11. The molecule has 1 saturated carbocycles. The van der Waals surface area contributed by atoms with Gasteiger partial charge in [-0.15, -0.1) is 0 Å². The third kappa shape index (κ3) is 5.29. The molecule has 2 N–H and O–H groups in total. The number of aliphatic hydroxyl groups excluding tert-OH is 1. The van der Waals surface area contributed by atoms with E-state index in [4.69, 9.17) is 0 Å². The van der Waals surface area contributed by atoms with E-state index in [1.807, 2.05) is 61.5 Å². The predicted octanol–water partition coefficient (Wildman–Crippen LogP) is 3.42. The van der Waals surface area contributed by atoms with Gasteiger partial charge in [-0.25, -0.2) is 0 Å². The van der Waals surface area contributed by atoms with Crippen molar-refractivity contribution in [3.05, 3.63) is 71.3 Å². The Morgan fingerprint density at radius 1 is 1.11 bits per heavy atom. The third-order valence-corrected chi connectivity index (χ3v) is 5.68. The van der Waals surface area contributed by atoms with Gasteiger partial charge in [0.2, 0.25) is 5.91 Å². The first kappa shape index (κ1) is 20.3. The molecule has 148 valence electrons. The Kier molecular flexibility index (Phi) is 6.99. The molecule has 4 heteroatoms. The van der Waals surface area contributed by atoms with Crippen LogP contribution in [-0.4, -0.2) is 29.4 Å². The van der Waals surface area contributed by atoms with E-state index in [1.165, 1.54) is 0 Å². The first-order valence-electron chi connectivity index (χ1n) is 10.1. The molecule has 3 rings (SSSR count). The van der Waals surface area contributed by atoms with E-state index in [1.54, 1.807) is 0 Å². The fourth-order valence-electron chi connectivity index (χ4n) is 3.87. The molecule has 1 amide bonds. The Morgan fingerprint density at radius 3 is 2.43 bits per heavy atom. The number of hydrogen-bond donors (Lipinski definition) is 2. The summed E-state index contributed by atoms with van der Waals surface area (Å²) >= 11 is 0. The molecule has 0 bridgehead atoms. The topological polar surface area (TPSA) is 66.4 Å². The molecule has 2 aromatic rings. The summed E-state index contributed by atoms with van der Waals surface area (Å²) in [5.41, 5.74) is 3.17. The highest BCUT2D eigenvalue weighted by atomic mass is 16.3. The predicted molar refractivity (Wildman–Crippen MR) is 110 cm³/mol. The van der Waals surface area contributed by atoms with Crippen molar-refractivity contribution in [2.24, 2.45) is 5.92 Å². The minimum atomic E-state index is -0.301. The van der Waals surface area contributed by atoms with E-state index in [0.29, 0.717) is 12.2 Å². The summed E-state index contributed by atoms with van der Waals surface area (Å²) in [6, 6.07) is 17.5. The Labute approximate surface area is 167 Å². The SMILES string of the molecule is C[C@H](C(=O)N[C@@H](CO)Cc1ccccc1)c1ccc(C[C@H]2CCCC2=O)cc1. The molecule has 0 aromatic heterocycles. The number of aliphatic hydroxyl groups is 1. The average Bonchev–Trinajstić information content (AvgIpc) is 3.12. The van der Waals surface area contributed by atoms with Crippen LogP contribution in [-0.2, 0) is 22.4 Å². The zero-order valence-electron chi connectivity index (χ0n) is 16.4. The van der Waals surface area contributed by atoms with Crippen LogP contribution >= 0.6 is 0 Å². The Balaban J connectivity index is 1.56. The molecule has 0 spiro atoms. The first-order chi connectivity index (χ1) is 13.6. The van der Waals surface area contributed by atoms with Crippen molar-refractivity contribution in [2.75, 3.05) is 6.61 Å². The van der Waals surface area contributed by atoms with Crippen molar-refractivity contribution < 1.29 is 14.7 Å². The van der Waals surface area contributed by atoms with Crippen molar-refractivity contribution in [1.82, 2.24) is 5.32 Å². The summed E-state index contributed by atoms with van der Waals surface area (Å²) in [6.45, 7) is 1.78. The van der Waals surface area contributed by atoms with Gasteiger partial charge in [-0.05, 0) is 49.3 Å². The molecular formula is C24H29NO3. The number of nitrogens with one attached hydrogen (secondary N) is 1. The molecule has 0 radical (unpaired) electrons. The Morgan fingerprint density at radius 2 is 1.82 bits per heavy atom. The highest BCUT2D eigenvalue weighted by Gasteiger charge is 2.24. The smallest absolute Gasteiger partial charge is 0.227 e. The van der Waals surface area contributed by atoms with Crippen molar-refractivity contribution in [2.45, 2.75) is 51.0 Å². The van der Waals surface area contributed by atoms with Gasteiger partial charge in [-0.1, -0.05) is 54.6 Å². The number of carbonyl (C=O) groups excluding carboxylic acids is 2. The second kappa shape index (κ2) is 9.65. The van der Waals surface area contributed by atoms with Crippen molar-refractivity contribution in [3.8, 4) is 0 Å². The monoisotopic (exact) mass is 379 g/mol. The minimum absolute atomic E-state index is 0.0892. The van der Waals surface area contributed by atoms with Gasteiger partial charge in [0.05, 0.1) is 18.6 Å². The van der Waals surface area contributed by atoms with Gasteiger partial charge in [0.1, 0.15) is 5.78 Å². The molecule has 0 unspecified atom stereocenters. The van der Waals surface area contributed by atoms with E-state index < -0.39 is 0 Å². The lowest BCUT2D eigenvalue weighted by Crippen LogP contribution is -2.41. The van der Waals surface area contributed by atoms with E-state index in [0.717, 1.165) is 42.4 Å². The van der Waals surface area contributed by atoms with Crippen LogP contribution in [0, 0.1) is 5.92 Å². The molecule has 0 heterocycles. The minimum Gasteiger partial charge on any atom is -0.394 e. The van der Waals surface area contributed by atoms with Gasteiger partial charge in [-0.2, -0.15) is 0 Å². The normalized spacial score (nSPS) is 18.6. The lowest BCUT2D eigenvalue weighted by molar-refractivity contribution is -0.123. The molecule has 4 nitrogen and oxygen atoms in total. The van der Waals surface area contributed by atoms with Gasteiger partial charge in [0.25, 0.3) is 0 Å². The van der Waals surface area contributed by atoms with Crippen LogP contribution in [0.5, 0.6) is 0 Å². The maximum absolute atomic E-state index is 12.6. The van der Waals surface area contributed by atoms with Crippen molar-refractivity contribution in [1.29, 1.82) is 0 Å². The van der Waals surface area contributed by atoms with Gasteiger partial charge < -0.3 is 10.4 Å². The van der Waals surface area contributed by atoms with Gasteiger partial charge in [0, 0.05) is 12.3 Å². The number of ketones is 1. The van der Waals surface area contributed by atoms with Gasteiger partial charge >= 0.3 is 0 Å². The maximum atomic E-state index is 12.6. The highest BCUT2D eigenvalue weighted by Crippen LogP contribution is 2.26. The largest absolute Gasteiger partial charge is 0.394 e. The van der Waals surface area contributed by atoms with E-state index in [-0.39, 0.29) is 30.4 Å².